The summed E-state index contributed by atoms with van der Waals surface area (Å²) in [5.74, 6) is 0.873. The molecule has 84 valence electrons. The largest absolute Gasteiger partial charge is 0.323 e. The van der Waals surface area contributed by atoms with Crippen molar-refractivity contribution in [2.45, 2.75) is 17.3 Å². The maximum absolute atomic E-state index is 6.17. The molecule has 2 aromatic rings. The standard InChI is InChI=1S/C12H14N2S2/c1-9-4-2-3-5-10(9)11(13)8-16-12-14-6-7-15-12/h2-7,11H,8,13H2,1H3. The van der Waals surface area contributed by atoms with Crippen LogP contribution in [-0.2, 0) is 0 Å². The molecule has 1 unspecified atom stereocenters. The lowest BCUT2D eigenvalue weighted by Gasteiger charge is -2.13. The first-order valence-electron chi connectivity index (χ1n) is 5.11. The van der Waals surface area contributed by atoms with Gasteiger partial charge in [0, 0.05) is 23.4 Å². The maximum Gasteiger partial charge on any atom is 0.149 e. The number of rotatable bonds is 4. The second kappa shape index (κ2) is 5.48. The zero-order valence-electron chi connectivity index (χ0n) is 9.09. The monoisotopic (exact) mass is 250 g/mol. The number of hydrogen-bond donors (Lipinski definition) is 1. The Hall–Kier alpha value is -0.840. The van der Waals surface area contributed by atoms with Crippen LogP contribution in [0.2, 0.25) is 0 Å². The molecule has 0 saturated carbocycles. The number of nitrogens with two attached hydrogens (primary N) is 1. The Morgan fingerprint density at radius 1 is 1.44 bits per heavy atom. The molecule has 0 aliphatic heterocycles. The lowest BCUT2D eigenvalue weighted by atomic mass is 10.0. The fourth-order valence-corrected chi connectivity index (χ4v) is 3.18. The topological polar surface area (TPSA) is 38.9 Å². The third-order valence-electron chi connectivity index (χ3n) is 2.38. The van der Waals surface area contributed by atoms with Gasteiger partial charge in [0.2, 0.25) is 0 Å². The third-order valence-corrected chi connectivity index (χ3v) is 4.47. The molecule has 2 N–H and O–H groups in total. The molecule has 1 atom stereocenters. The molecule has 1 heterocycles. The predicted molar refractivity (Wildman–Crippen MR) is 70.9 cm³/mol. The quantitative estimate of drug-likeness (QED) is 0.847. The number of benzene rings is 1. The van der Waals surface area contributed by atoms with Crippen LogP contribution in [0.3, 0.4) is 0 Å². The van der Waals surface area contributed by atoms with E-state index >= 15 is 0 Å². The van der Waals surface area contributed by atoms with Gasteiger partial charge in [0.15, 0.2) is 0 Å². The summed E-state index contributed by atoms with van der Waals surface area (Å²) >= 11 is 3.38. The molecule has 2 nitrogen and oxygen atoms in total. The molecule has 16 heavy (non-hydrogen) atoms. The average molecular weight is 250 g/mol. The highest BCUT2D eigenvalue weighted by molar-refractivity contribution is 8.01. The van der Waals surface area contributed by atoms with Crippen molar-refractivity contribution in [3.05, 3.63) is 47.0 Å². The van der Waals surface area contributed by atoms with Crippen LogP contribution in [0.25, 0.3) is 0 Å². The van der Waals surface area contributed by atoms with Gasteiger partial charge in [0.1, 0.15) is 4.34 Å². The van der Waals surface area contributed by atoms with Crippen molar-refractivity contribution in [2.75, 3.05) is 5.75 Å². The summed E-state index contributed by atoms with van der Waals surface area (Å²) < 4.78 is 1.09. The Balaban J connectivity index is 1.98. The van der Waals surface area contributed by atoms with Gasteiger partial charge in [-0.3, -0.25) is 0 Å². The van der Waals surface area contributed by atoms with E-state index in [1.54, 1.807) is 23.1 Å². The van der Waals surface area contributed by atoms with Crippen molar-refractivity contribution >= 4 is 23.1 Å². The van der Waals surface area contributed by atoms with Crippen LogP contribution in [0.4, 0.5) is 0 Å². The maximum atomic E-state index is 6.17. The molecular formula is C12H14N2S2. The third kappa shape index (κ3) is 2.84. The fourth-order valence-electron chi connectivity index (χ4n) is 1.54. The van der Waals surface area contributed by atoms with Crippen LogP contribution < -0.4 is 5.73 Å². The first-order chi connectivity index (χ1) is 7.77. The van der Waals surface area contributed by atoms with Gasteiger partial charge in [-0.25, -0.2) is 4.98 Å². The summed E-state index contributed by atoms with van der Waals surface area (Å²) in [7, 11) is 0. The first-order valence-corrected chi connectivity index (χ1v) is 6.97. The minimum atomic E-state index is 0.0788. The number of aromatic nitrogens is 1. The molecule has 0 radical (unpaired) electrons. The van der Waals surface area contributed by atoms with Gasteiger partial charge in [0.25, 0.3) is 0 Å². The summed E-state index contributed by atoms with van der Waals surface area (Å²) in [5.41, 5.74) is 8.66. The predicted octanol–water partition coefficient (Wildman–Crippen LogP) is 3.24. The Labute approximate surface area is 104 Å². The summed E-state index contributed by atoms with van der Waals surface area (Å²) in [4.78, 5) is 4.23. The van der Waals surface area contributed by atoms with Crippen LogP contribution in [0.5, 0.6) is 0 Å². The Morgan fingerprint density at radius 2 is 2.25 bits per heavy atom. The summed E-state index contributed by atoms with van der Waals surface area (Å²) in [6.07, 6.45) is 1.83. The van der Waals surface area contributed by atoms with Gasteiger partial charge < -0.3 is 5.73 Å². The number of hydrogen-bond acceptors (Lipinski definition) is 4. The van der Waals surface area contributed by atoms with E-state index in [4.69, 9.17) is 5.73 Å². The average Bonchev–Trinajstić information content (AvgIpc) is 2.79. The molecule has 0 amide bonds. The lowest BCUT2D eigenvalue weighted by Crippen LogP contribution is -2.14. The Kier molecular flexibility index (Phi) is 3.98. The molecule has 1 aromatic carbocycles. The van der Waals surface area contributed by atoms with Gasteiger partial charge >= 0.3 is 0 Å². The smallest absolute Gasteiger partial charge is 0.149 e. The number of thiazole rings is 1. The van der Waals surface area contributed by atoms with Crippen LogP contribution in [0, 0.1) is 6.92 Å². The van der Waals surface area contributed by atoms with Gasteiger partial charge in [-0.05, 0) is 18.1 Å². The second-order valence-corrected chi connectivity index (χ2v) is 5.73. The molecule has 0 aliphatic carbocycles. The Bertz CT molecular complexity index is 440. The molecular weight excluding hydrogens is 236 g/mol. The van der Waals surface area contributed by atoms with Crippen molar-refractivity contribution in [1.82, 2.24) is 4.98 Å². The van der Waals surface area contributed by atoms with Gasteiger partial charge in [-0.2, -0.15) is 0 Å². The summed E-state index contributed by atoms with van der Waals surface area (Å²) in [5, 5.41) is 1.99. The highest BCUT2D eigenvalue weighted by Gasteiger charge is 2.09. The second-order valence-electron chi connectivity index (χ2n) is 3.57. The summed E-state index contributed by atoms with van der Waals surface area (Å²) in [6.45, 7) is 2.10. The minimum absolute atomic E-state index is 0.0788. The summed E-state index contributed by atoms with van der Waals surface area (Å²) in [6, 6.07) is 8.36. The first kappa shape index (κ1) is 11.6. The van der Waals surface area contributed by atoms with Gasteiger partial charge in [-0.1, -0.05) is 36.0 Å². The van der Waals surface area contributed by atoms with Gasteiger partial charge in [-0.15, -0.1) is 11.3 Å². The lowest BCUT2D eigenvalue weighted by molar-refractivity contribution is 0.822. The fraction of sp³-hybridized carbons (Fsp3) is 0.250. The zero-order valence-corrected chi connectivity index (χ0v) is 10.7. The molecule has 0 bridgehead atoms. The van der Waals surface area contributed by atoms with Crippen molar-refractivity contribution in [1.29, 1.82) is 0 Å². The van der Waals surface area contributed by atoms with E-state index in [-0.39, 0.29) is 6.04 Å². The number of thioether (sulfide) groups is 1. The van der Waals surface area contributed by atoms with E-state index < -0.39 is 0 Å². The molecule has 4 heteroatoms. The Morgan fingerprint density at radius 3 is 2.94 bits per heavy atom. The van der Waals surface area contributed by atoms with E-state index in [0.717, 1.165) is 10.1 Å². The van der Waals surface area contributed by atoms with E-state index in [2.05, 4.69) is 24.0 Å². The van der Waals surface area contributed by atoms with Crippen LogP contribution >= 0.6 is 23.1 Å². The van der Waals surface area contributed by atoms with Crippen LogP contribution in [0.1, 0.15) is 17.2 Å². The number of nitrogens with zero attached hydrogens (tertiary/aromatic N) is 1. The normalized spacial score (nSPS) is 12.6. The molecule has 0 aliphatic rings. The highest BCUT2D eigenvalue weighted by atomic mass is 32.2. The van der Waals surface area contributed by atoms with E-state index in [1.165, 1.54) is 11.1 Å². The van der Waals surface area contributed by atoms with Crippen molar-refractivity contribution in [3.8, 4) is 0 Å². The highest BCUT2D eigenvalue weighted by Crippen LogP contribution is 2.26. The van der Waals surface area contributed by atoms with Gasteiger partial charge in [0.05, 0.1) is 0 Å². The van der Waals surface area contributed by atoms with E-state index in [9.17, 15) is 0 Å². The molecule has 0 fully saturated rings. The van der Waals surface area contributed by atoms with E-state index in [0.29, 0.717) is 0 Å². The van der Waals surface area contributed by atoms with E-state index in [1.807, 2.05) is 23.7 Å². The SMILES string of the molecule is Cc1ccccc1C(N)CSc1nccs1. The zero-order chi connectivity index (χ0) is 11.4. The van der Waals surface area contributed by atoms with Crippen molar-refractivity contribution in [2.24, 2.45) is 5.73 Å². The number of aryl methyl sites for hydroxylation is 1. The molecule has 1 aromatic heterocycles. The van der Waals surface area contributed by atoms with Crippen molar-refractivity contribution < 1.29 is 0 Å². The van der Waals surface area contributed by atoms with Crippen LogP contribution in [0.15, 0.2) is 40.2 Å². The minimum Gasteiger partial charge on any atom is -0.323 e. The molecule has 0 spiro atoms. The van der Waals surface area contributed by atoms with Crippen molar-refractivity contribution in [3.63, 3.8) is 0 Å². The van der Waals surface area contributed by atoms with Crippen LogP contribution in [-0.4, -0.2) is 10.7 Å². The molecule has 0 saturated heterocycles. The molecule has 2 rings (SSSR count).